The summed E-state index contributed by atoms with van der Waals surface area (Å²) in [5, 5.41) is 14.8. The first kappa shape index (κ1) is 14.0. The van der Waals surface area contributed by atoms with Crippen LogP contribution in [0.3, 0.4) is 0 Å². The van der Waals surface area contributed by atoms with Gasteiger partial charge in [0.15, 0.2) is 5.75 Å². The van der Waals surface area contributed by atoms with Crippen LogP contribution in [-0.2, 0) is 6.54 Å². The van der Waals surface area contributed by atoms with Gasteiger partial charge in [-0.3, -0.25) is 4.68 Å². The maximum absolute atomic E-state index is 10.5. The highest BCUT2D eigenvalue weighted by Crippen LogP contribution is 2.39. The number of aromatic nitrogens is 2. The minimum atomic E-state index is -0.559. The average molecular weight is 240 g/mol. The second kappa shape index (κ2) is 5.54. The van der Waals surface area contributed by atoms with Crippen molar-refractivity contribution in [1.82, 2.24) is 9.78 Å². The summed E-state index contributed by atoms with van der Waals surface area (Å²) in [7, 11) is 1.61. The van der Waals surface area contributed by atoms with Gasteiger partial charge in [-0.1, -0.05) is 27.7 Å². The summed E-state index contributed by atoms with van der Waals surface area (Å²) in [5.41, 5.74) is 0.611. The van der Waals surface area contributed by atoms with Crippen molar-refractivity contribution in [2.75, 3.05) is 7.11 Å². The van der Waals surface area contributed by atoms with Crippen LogP contribution >= 0.6 is 0 Å². The molecule has 0 amide bonds. The maximum atomic E-state index is 10.5. The minimum absolute atomic E-state index is 0.182. The molecule has 1 heterocycles. The molecule has 0 saturated carbocycles. The fourth-order valence-electron chi connectivity index (χ4n) is 1.76. The number of hydrogen-bond donors (Lipinski definition) is 1. The van der Waals surface area contributed by atoms with Crippen molar-refractivity contribution in [2.24, 2.45) is 5.41 Å². The topological polar surface area (TPSA) is 47.3 Å². The van der Waals surface area contributed by atoms with Crippen LogP contribution in [0, 0.1) is 5.41 Å². The smallest absolute Gasteiger partial charge is 0.162 e. The van der Waals surface area contributed by atoms with E-state index in [-0.39, 0.29) is 5.41 Å². The van der Waals surface area contributed by atoms with E-state index >= 15 is 0 Å². The Morgan fingerprint density at radius 2 is 2.12 bits per heavy atom. The molecule has 1 unspecified atom stereocenters. The highest BCUT2D eigenvalue weighted by atomic mass is 16.5. The quantitative estimate of drug-likeness (QED) is 0.831. The molecule has 1 aromatic rings. The van der Waals surface area contributed by atoms with Crippen LogP contribution in [0.2, 0.25) is 0 Å². The van der Waals surface area contributed by atoms with Gasteiger partial charge in [-0.2, -0.15) is 5.10 Å². The summed E-state index contributed by atoms with van der Waals surface area (Å²) >= 11 is 0. The zero-order valence-corrected chi connectivity index (χ0v) is 11.5. The van der Waals surface area contributed by atoms with Gasteiger partial charge in [0.2, 0.25) is 0 Å². The van der Waals surface area contributed by atoms with Crippen molar-refractivity contribution in [1.29, 1.82) is 0 Å². The molecule has 0 fully saturated rings. The number of hydrogen-bond acceptors (Lipinski definition) is 3. The van der Waals surface area contributed by atoms with Crippen molar-refractivity contribution >= 4 is 0 Å². The predicted octanol–water partition coefficient (Wildman–Crippen LogP) is 2.77. The third kappa shape index (κ3) is 2.80. The van der Waals surface area contributed by atoms with E-state index in [1.54, 1.807) is 13.3 Å². The molecule has 0 radical (unpaired) electrons. The molecule has 0 aliphatic rings. The van der Waals surface area contributed by atoms with Gasteiger partial charge in [0.05, 0.1) is 13.3 Å². The van der Waals surface area contributed by atoms with E-state index in [1.165, 1.54) is 0 Å². The molecule has 1 aromatic heterocycles. The Labute approximate surface area is 104 Å². The Hall–Kier alpha value is -1.03. The number of rotatable bonds is 6. The van der Waals surface area contributed by atoms with Gasteiger partial charge in [0.1, 0.15) is 11.8 Å². The highest BCUT2D eigenvalue weighted by Gasteiger charge is 2.32. The lowest BCUT2D eigenvalue weighted by Crippen LogP contribution is -2.24. The van der Waals surface area contributed by atoms with Crippen LogP contribution in [0.4, 0.5) is 0 Å². The zero-order chi connectivity index (χ0) is 13.1. The number of aliphatic hydroxyl groups excluding tert-OH is 1. The van der Waals surface area contributed by atoms with Gasteiger partial charge in [0, 0.05) is 6.54 Å². The van der Waals surface area contributed by atoms with Crippen molar-refractivity contribution in [3.63, 3.8) is 0 Å². The van der Waals surface area contributed by atoms with Crippen LogP contribution in [-0.4, -0.2) is 22.0 Å². The van der Waals surface area contributed by atoms with Gasteiger partial charge >= 0.3 is 0 Å². The molecule has 0 aromatic carbocycles. The van der Waals surface area contributed by atoms with E-state index in [1.807, 2.05) is 4.68 Å². The van der Waals surface area contributed by atoms with Crippen LogP contribution in [0.25, 0.3) is 0 Å². The van der Waals surface area contributed by atoms with Gasteiger partial charge < -0.3 is 9.84 Å². The number of methoxy groups -OCH3 is 1. The fourth-order valence-corrected chi connectivity index (χ4v) is 1.76. The summed E-state index contributed by atoms with van der Waals surface area (Å²) in [6.45, 7) is 9.09. The first-order valence-corrected chi connectivity index (χ1v) is 6.25. The Morgan fingerprint density at radius 3 is 2.59 bits per heavy atom. The lowest BCUT2D eigenvalue weighted by Gasteiger charge is -2.30. The molecule has 0 aliphatic carbocycles. The molecular weight excluding hydrogens is 216 g/mol. The maximum Gasteiger partial charge on any atom is 0.162 e. The molecule has 0 spiro atoms. The monoisotopic (exact) mass is 240 g/mol. The lowest BCUT2D eigenvalue weighted by atomic mass is 9.82. The molecule has 0 bridgehead atoms. The van der Waals surface area contributed by atoms with Crippen LogP contribution in [0.15, 0.2) is 6.20 Å². The van der Waals surface area contributed by atoms with E-state index in [0.717, 1.165) is 25.1 Å². The van der Waals surface area contributed by atoms with E-state index in [4.69, 9.17) is 4.74 Å². The van der Waals surface area contributed by atoms with Crippen molar-refractivity contribution in [3.05, 3.63) is 11.9 Å². The van der Waals surface area contributed by atoms with E-state index in [9.17, 15) is 5.11 Å². The lowest BCUT2D eigenvalue weighted by molar-refractivity contribution is 0.0369. The third-order valence-corrected chi connectivity index (χ3v) is 3.41. The average Bonchev–Trinajstić information content (AvgIpc) is 2.71. The first-order chi connectivity index (χ1) is 7.97. The Balaban J connectivity index is 3.13. The molecule has 17 heavy (non-hydrogen) atoms. The van der Waals surface area contributed by atoms with Gasteiger partial charge in [-0.05, 0) is 18.3 Å². The molecule has 1 rings (SSSR count). The number of aliphatic hydroxyl groups is 1. The summed E-state index contributed by atoms with van der Waals surface area (Å²) < 4.78 is 7.14. The van der Waals surface area contributed by atoms with Gasteiger partial charge in [-0.25, -0.2) is 0 Å². The standard InChI is InChI=1S/C13H24N2O2/c1-6-8-15-11(10(17-5)9-14-15)12(16)13(3,4)7-2/h9,12,16H,6-8H2,1-5H3. The Morgan fingerprint density at radius 1 is 1.47 bits per heavy atom. The van der Waals surface area contributed by atoms with E-state index in [0.29, 0.717) is 5.75 Å². The highest BCUT2D eigenvalue weighted by molar-refractivity contribution is 5.28. The molecule has 1 atom stereocenters. The normalized spacial score (nSPS) is 13.8. The molecular formula is C13H24N2O2. The summed E-state index contributed by atoms with van der Waals surface area (Å²) in [4.78, 5) is 0. The largest absolute Gasteiger partial charge is 0.493 e. The van der Waals surface area contributed by atoms with Crippen molar-refractivity contribution in [3.8, 4) is 5.75 Å². The minimum Gasteiger partial charge on any atom is -0.493 e. The number of nitrogens with zero attached hydrogens (tertiary/aromatic N) is 2. The molecule has 0 aliphatic heterocycles. The molecule has 1 N–H and O–H groups in total. The van der Waals surface area contributed by atoms with Gasteiger partial charge in [0.25, 0.3) is 0 Å². The Kier molecular flexibility index (Phi) is 4.57. The summed E-state index contributed by atoms with van der Waals surface area (Å²) in [6.07, 6.45) is 3.00. The second-order valence-corrected chi connectivity index (χ2v) is 5.07. The van der Waals surface area contributed by atoms with E-state index < -0.39 is 6.10 Å². The molecule has 98 valence electrons. The predicted molar refractivity (Wildman–Crippen MR) is 68.1 cm³/mol. The van der Waals surface area contributed by atoms with Crippen LogP contribution in [0.5, 0.6) is 5.75 Å². The van der Waals surface area contributed by atoms with Crippen LogP contribution in [0.1, 0.15) is 52.3 Å². The zero-order valence-electron chi connectivity index (χ0n) is 11.5. The third-order valence-electron chi connectivity index (χ3n) is 3.41. The van der Waals surface area contributed by atoms with Gasteiger partial charge in [-0.15, -0.1) is 0 Å². The fraction of sp³-hybridized carbons (Fsp3) is 0.769. The number of ether oxygens (including phenoxy) is 1. The van der Waals surface area contributed by atoms with E-state index in [2.05, 4.69) is 32.8 Å². The summed E-state index contributed by atoms with van der Waals surface area (Å²) in [5.74, 6) is 0.674. The molecule has 4 heteroatoms. The van der Waals surface area contributed by atoms with Crippen molar-refractivity contribution in [2.45, 2.75) is 53.2 Å². The SMILES string of the molecule is CCCn1ncc(OC)c1C(O)C(C)(C)CC. The Bertz CT molecular complexity index is 358. The van der Waals surface area contributed by atoms with Crippen LogP contribution < -0.4 is 4.74 Å². The molecule has 0 saturated heterocycles. The first-order valence-electron chi connectivity index (χ1n) is 6.25. The number of aryl methyl sites for hydroxylation is 1. The molecule has 4 nitrogen and oxygen atoms in total. The van der Waals surface area contributed by atoms with Crippen molar-refractivity contribution < 1.29 is 9.84 Å². The summed E-state index contributed by atoms with van der Waals surface area (Å²) in [6, 6.07) is 0. The second-order valence-electron chi connectivity index (χ2n) is 5.07.